The van der Waals surface area contributed by atoms with E-state index in [0.29, 0.717) is 0 Å². The molecule has 1 fully saturated rings. The minimum Gasteiger partial charge on any atom is -0.379 e. The van der Waals surface area contributed by atoms with E-state index >= 15 is 0 Å². The fourth-order valence-electron chi connectivity index (χ4n) is 4.04. The molecule has 2 aromatic heterocycles. The quantitative estimate of drug-likeness (QED) is 0.417. The summed E-state index contributed by atoms with van der Waals surface area (Å²) < 4.78 is 5.47. The average molecular weight is 459 g/mol. The van der Waals surface area contributed by atoms with Crippen molar-refractivity contribution in [1.29, 1.82) is 0 Å². The molecule has 6 nitrogen and oxygen atoms in total. The van der Waals surface area contributed by atoms with Crippen molar-refractivity contribution >= 4 is 46.0 Å². The zero-order valence-corrected chi connectivity index (χ0v) is 19.3. The zero-order valence-electron chi connectivity index (χ0n) is 18.5. The molecule has 168 valence electrons. The van der Waals surface area contributed by atoms with E-state index in [9.17, 15) is 4.79 Å². The number of benzene rings is 2. The van der Waals surface area contributed by atoms with Crippen LogP contribution in [0, 0.1) is 6.92 Å². The number of rotatable bonds is 6. The van der Waals surface area contributed by atoms with E-state index in [1.54, 1.807) is 0 Å². The first-order valence-electron chi connectivity index (χ1n) is 11.1. The number of para-hydroxylation sites is 1. The number of nitrogens with one attached hydrogen (secondary N) is 2. The van der Waals surface area contributed by atoms with Crippen LogP contribution >= 0.6 is 11.3 Å². The van der Waals surface area contributed by atoms with Gasteiger partial charge in [0.25, 0.3) is 5.91 Å². The number of H-pyrrole nitrogens is 1. The number of aryl methyl sites for hydroxylation is 1. The number of aromatic nitrogens is 2. The van der Waals surface area contributed by atoms with Crippen LogP contribution in [0.2, 0.25) is 0 Å². The third kappa shape index (κ3) is 4.90. The van der Waals surface area contributed by atoms with Crippen LogP contribution in [0.5, 0.6) is 0 Å². The number of fused-ring (bicyclic) bond motifs is 1. The van der Waals surface area contributed by atoms with Crippen molar-refractivity contribution in [3.05, 3.63) is 81.2 Å². The number of hydrogen-bond acceptors (Lipinski definition) is 5. The number of morpholine rings is 1. The van der Waals surface area contributed by atoms with Gasteiger partial charge >= 0.3 is 0 Å². The Bertz CT molecular complexity index is 1300. The Morgan fingerprint density at radius 2 is 2.03 bits per heavy atom. The first-order chi connectivity index (χ1) is 16.2. The van der Waals surface area contributed by atoms with Crippen molar-refractivity contribution in [3.8, 4) is 0 Å². The molecule has 4 aromatic rings. The first-order valence-corrected chi connectivity index (χ1v) is 11.9. The number of ether oxygens (including phenoxy) is 1. The fraction of sp³-hybridized carbons (Fsp3) is 0.231. The number of amides is 1. The normalized spacial score (nSPS) is 14.8. The molecule has 0 atom stereocenters. The van der Waals surface area contributed by atoms with Gasteiger partial charge in [-0.2, -0.15) is 5.10 Å². The maximum absolute atomic E-state index is 13.0. The second-order valence-corrected chi connectivity index (χ2v) is 9.10. The summed E-state index contributed by atoms with van der Waals surface area (Å²) in [4.78, 5) is 16.1. The Labute approximate surface area is 196 Å². The Hall–Kier alpha value is -3.26. The fourth-order valence-corrected chi connectivity index (χ4v) is 4.86. The molecule has 0 unspecified atom stereocenters. The second-order valence-electron chi connectivity index (χ2n) is 8.18. The number of carbonyl (C=O) groups is 1. The van der Waals surface area contributed by atoms with Gasteiger partial charge in [-0.1, -0.05) is 36.4 Å². The molecule has 1 aliphatic rings. The average Bonchev–Trinajstić information content (AvgIpc) is 3.45. The Morgan fingerprint density at radius 1 is 1.18 bits per heavy atom. The molecule has 1 amide bonds. The Balaban J connectivity index is 1.44. The lowest BCUT2D eigenvalue weighted by Crippen LogP contribution is -2.35. The molecule has 5 rings (SSSR count). The minimum absolute atomic E-state index is 0.0779. The SMILES string of the molecule is Cc1ccsc1C(=O)Nc1cc(CN2CCOCC2)ccc1C=Cc1n[nH]c2ccccc12. The largest absolute Gasteiger partial charge is 0.379 e. The molecule has 7 heteroatoms. The van der Waals surface area contributed by atoms with E-state index in [-0.39, 0.29) is 5.91 Å². The van der Waals surface area contributed by atoms with E-state index < -0.39 is 0 Å². The smallest absolute Gasteiger partial charge is 0.266 e. The Kier molecular flexibility index (Phi) is 6.35. The first kappa shape index (κ1) is 21.6. The van der Waals surface area contributed by atoms with Crippen LogP contribution in [-0.2, 0) is 11.3 Å². The molecular formula is C26H26N4O2S. The molecule has 1 saturated heterocycles. The van der Waals surface area contributed by atoms with Gasteiger partial charge in [0.2, 0.25) is 0 Å². The molecule has 0 radical (unpaired) electrons. The lowest BCUT2D eigenvalue weighted by molar-refractivity contribution is 0.0342. The maximum atomic E-state index is 13.0. The molecule has 33 heavy (non-hydrogen) atoms. The topological polar surface area (TPSA) is 70.2 Å². The van der Waals surface area contributed by atoms with E-state index in [1.165, 1.54) is 11.3 Å². The predicted molar refractivity (Wildman–Crippen MR) is 135 cm³/mol. The van der Waals surface area contributed by atoms with Crippen molar-refractivity contribution < 1.29 is 9.53 Å². The minimum atomic E-state index is -0.0779. The summed E-state index contributed by atoms with van der Waals surface area (Å²) in [7, 11) is 0. The summed E-state index contributed by atoms with van der Waals surface area (Å²) in [6, 6.07) is 16.3. The van der Waals surface area contributed by atoms with Crippen molar-refractivity contribution in [2.75, 3.05) is 31.6 Å². The number of anilines is 1. The summed E-state index contributed by atoms with van der Waals surface area (Å²) in [5, 5.41) is 13.7. The van der Waals surface area contributed by atoms with Gasteiger partial charge in [0.1, 0.15) is 0 Å². The highest BCUT2D eigenvalue weighted by molar-refractivity contribution is 7.12. The molecule has 0 aliphatic carbocycles. The zero-order chi connectivity index (χ0) is 22.6. The highest BCUT2D eigenvalue weighted by Gasteiger charge is 2.15. The molecule has 1 aliphatic heterocycles. The van der Waals surface area contributed by atoms with Crippen LogP contribution in [0.1, 0.15) is 32.1 Å². The van der Waals surface area contributed by atoms with Crippen molar-refractivity contribution in [2.45, 2.75) is 13.5 Å². The van der Waals surface area contributed by atoms with Crippen LogP contribution < -0.4 is 5.32 Å². The number of hydrogen-bond donors (Lipinski definition) is 2. The number of aromatic amines is 1. The lowest BCUT2D eigenvalue weighted by Gasteiger charge is -2.26. The van der Waals surface area contributed by atoms with Gasteiger partial charge in [0.15, 0.2) is 0 Å². The molecule has 2 aromatic carbocycles. The van der Waals surface area contributed by atoms with Crippen LogP contribution in [0.15, 0.2) is 53.9 Å². The monoisotopic (exact) mass is 458 g/mol. The number of thiophene rings is 1. The van der Waals surface area contributed by atoms with Crippen molar-refractivity contribution in [3.63, 3.8) is 0 Å². The number of nitrogens with zero attached hydrogens (tertiary/aromatic N) is 2. The van der Waals surface area contributed by atoms with Gasteiger partial charge < -0.3 is 10.1 Å². The standard InChI is InChI=1S/C26H26N4O2S/c1-18-10-15-33-25(18)26(31)27-24-16-19(17-30-11-13-32-14-12-30)6-7-20(24)8-9-23-21-4-2-3-5-22(21)28-29-23/h2-10,15-16H,11-14,17H2,1H3,(H,27,31)(H,28,29). The summed E-state index contributed by atoms with van der Waals surface area (Å²) >= 11 is 1.46. The Morgan fingerprint density at radius 3 is 2.85 bits per heavy atom. The van der Waals surface area contributed by atoms with Crippen LogP contribution in [0.4, 0.5) is 5.69 Å². The third-order valence-electron chi connectivity index (χ3n) is 5.86. The van der Waals surface area contributed by atoms with Crippen molar-refractivity contribution in [1.82, 2.24) is 15.1 Å². The van der Waals surface area contributed by atoms with Gasteiger partial charge in [-0.25, -0.2) is 0 Å². The van der Waals surface area contributed by atoms with Gasteiger partial charge in [0.05, 0.1) is 29.3 Å². The molecule has 0 saturated carbocycles. The van der Waals surface area contributed by atoms with E-state index in [2.05, 4.69) is 38.6 Å². The highest BCUT2D eigenvalue weighted by Crippen LogP contribution is 2.25. The van der Waals surface area contributed by atoms with Gasteiger partial charge in [-0.05, 0) is 53.3 Å². The number of carbonyl (C=O) groups excluding carboxylic acids is 1. The summed E-state index contributed by atoms with van der Waals surface area (Å²) in [6.07, 6.45) is 4.00. The summed E-state index contributed by atoms with van der Waals surface area (Å²) in [5.41, 5.74) is 5.76. The summed E-state index contributed by atoms with van der Waals surface area (Å²) in [5.74, 6) is -0.0779. The second kappa shape index (κ2) is 9.70. The van der Waals surface area contributed by atoms with Gasteiger partial charge in [-0.15, -0.1) is 11.3 Å². The molecular weight excluding hydrogens is 432 g/mol. The lowest BCUT2D eigenvalue weighted by atomic mass is 10.1. The highest BCUT2D eigenvalue weighted by atomic mass is 32.1. The maximum Gasteiger partial charge on any atom is 0.266 e. The van der Waals surface area contributed by atoms with Crippen molar-refractivity contribution in [2.24, 2.45) is 0 Å². The van der Waals surface area contributed by atoms with Gasteiger partial charge in [0, 0.05) is 30.7 Å². The third-order valence-corrected chi connectivity index (χ3v) is 6.88. The predicted octanol–water partition coefficient (Wildman–Crippen LogP) is 5.19. The van der Waals surface area contributed by atoms with E-state index in [0.717, 1.165) is 76.7 Å². The molecule has 0 spiro atoms. The van der Waals surface area contributed by atoms with Crippen LogP contribution in [0.3, 0.4) is 0 Å². The van der Waals surface area contributed by atoms with Crippen LogP contribution in [0.25, 0.3) is 23.1 Å². The van der Waals surface area contributed by atoms with E-state index in [4.69, 9.17) is 4.74 Å². The molecule has 0 bridgehead atoms. The van der Waals surface area contributed by atoms with Gasteiger partial charge in [-0.3, -0.25) is 14.8 Å². The van der Waals surface area contributed by atoms with E-state index in [1.807, 2.05) is 54.8 Å². The van der Waals surface area contributed by atoms with Crippen LogP contribution in [-0.4, -0.2) is 47.3 Å². The molecule has 2 N–H and O–H groups in total. The summed E-state index contributed by atoms with van der Waals surface area (Å²) in [6.45, 7) is 6.16. The molecule has 3 heterocycles.